The van der Waals surface area contributed by atoms with Crippen LogP contribution in [0.5, 0.6) is 11.5 Å². The van der Waals surface area contributed by atoms with Gasteiger partial charge in [-0.1, -0.05) is 0 Å². The first-order valence-electron chi connectivity index (χ1n) is 10.1. The van der Waals surface area contributed by atoms with Gasteiger partial charge in [-0.15, -0.1) is 0 Å². The Balaban J connectivity index is 1.92. The standard InChI is InChI=1S/C23H21FN6O3/c1-12-16(11-28(2)27-12)14-7-15-18(8-20(14)33-5)25-10-19-21(15)30(23(31)29(19)3)22-17(24)6-13(32-4)9-26-22/h6-11H,1-5H3. The fraction of sp³-hybridized carbons (Fsp3) is 0.217. The highest BCUT2D eigenvalue weighted by Gasteiger charge is 2.22. The Morgan fingerprint density at radius 1 is 1.00 bits per heavy atom. The lowest BCUT2D eigenvalue weighted by Crippen LogP contribution is -2.22. The molecule has 0 saturated carbocycles. The number of methoxy groups -OCH3 is 2. The van der Waals surface area contributed by atoms with Gasteiger partial charge in [0.25, 0.3) is 0 Å². The summed E-state index contributed by atoms with van der Waals surface area (Å²) in [5.74, 6) is 0.0822. The first-order valence-corrected chi connectivity index (χ1v) is 10.1. The first-order chi connectivity index (χ1) is 15.8. The second kappa shape index (κ2) is 7.44. The topological polar surface area (TPSA) is 89.0 Å². The Hall–Kier alpha value is -4.21. The van der Waals surface area contributed by atoms with Crippen molar-refractivity contribution < 1.29 is 13.9 Å². The van der Waals surface area contributed by atoms with Gasteiger partial charge in [0.15, 0.2) is 11.6 Å². The fourth-order valence-electron chi connectivity index (χ4n) is 4.15. The number of benzene rings is 1. The molecule has 0 atom stereocenters. The number of fused-ring (bicyclic) bond motifs is 3. The van der Waals surface area contributed by atoms with E-state index in [0.29, 0.717) is 27.7 Å². The Morgan fingerprint density at radius 2 is 1.79 bits per heavy atom. The summed E-state index contributed by atoms with van der Waals surface area (Å²) in [6.45, 7) is 1.91. The molecule has 0 unspecified atom stereocenters. The normalized spacial score (nSPS) is 11.5. The lowest BCUT2D eigenvalue weighted by atomic mass is 10.0. The van der Waals surface area contributed by atoms with Crippen LogP contribution in [0.25, 0.3) is 38.9 Å². The fourth-order valence-corrected chi connectivity index (χ4v) is 4.15. The van der Waals surface area contributed by atoms with E-state index in [2.05, 4.69) is 15.1 Å². The maximum atomic E-state index is 15.0. The van der Waals surface area contributed by atoms with E-state index in [0.717, 1.165) is 16.8 Å². The number of aromatic nitrogens is 6. The Kier molecular flexibility index (Phi) is 4.66. The SMILES string of the molecule is COc1cnc(-n2c(=O)n(C)c3cnc4cc(OC)c(-c5cn(C)nc5C)cc4c32)c(F)c1. The van der Waals surface area contributed by atoms with Crippen LogP contribution in [0, 0.1) is 12.7 Å². The van der Waals surface area contributed by atoms with E-state index in [1.54, 1.807) is 31.1 Å². The minimum absolute atomic E-state index is 0.117. The Morgan fingerprint density at radius 3 is 2.42 bits per heavy atom. The van der Waals surface area contributed by atoms with Crippen molar-refractivity contribution >= 4 is 21.9 Å². The third-order valence-electron chi connectivity index (χ3n) is 5.75. The molecule has 0 radical (unpaired) electrons. The predicted octanol–water partition coefficient (Wildman–Crippen LogP) is 3.14. The molecule has 0 bridgehead atoms. The van der Waals surface area contributed by atoms with Gasteiger partial charge in [0.2, 0.25) is 0 Å². The van der Waals surface area contributed by atoms with Gasteiger partial charge in [-0.3, -0.25) is 14.2 Å². The molecular weight excluding hydrogens is 427 g/mol. The summed E-state index contributed by atoms with van der Waals surface area (Å²) in [5.41, 5.74) is 3.69. The number of imidazole rings is 1. The van der Waals surface area contributed by atoms with Crippen LogP contribution in [0.15, 0.2) is 41.6 Å². The minimum Gasteiger partial charge on any atom is -0.496 e. The summed E-state index contributed by atoms with van der Waals surface area (Å²) in [6.07, 6.45) is 4.86. The van der Waals surface area contributed by atoms with Crippen molar-refractivity contribution in [2.24, 2.45) is 14.1 Å². The predicted molar refractivity (Wildman–Crippen MR) is 122 cm³/mol. The molecule has 0 aliphatic rings. The van der Waals surface area contributed by atoms with Crippen LogP contribution in [0.4, 0.5) is 4.39 Å². The van der Waals surface area contributed by atoms with Gasteiger partial charge < -0.3 is 9.47 Å². The second-order valence-corrected chi connectivity index (χ2v) is 7.72. The molecule has 5 aromatic rings. The van der Waals surface area contributed by atoms with Crippen LogP contribution < -0.4 is 15.2 Å². The molecule has 4 aromatic heterocycles. The number of nitrogens with zero attached hydrogens (tertiary/aromatic N) is 6. The lowest BCUT2D eigenvalue weighted by Gasteiger charge is -2.12. The second-order valence-electron chi connectivity index (χ2n) is 7.72. The van der Waals surface area contributed by atoms with Crippen LogP contribution in [-0.4, -0.2) is 43.1 Å². The van der Waals surface area contributed by atoms with Gasteiger partial charge in [0.1, 0.15) is 11.5 Å². The van der Waals surface area contributed by atoms with Crippen LogP contribution in [0.2, 0.25) is 0 Å². The van der Waals surface area contributed by atoms with Crippen molar-refractivity contribution in [1.29, 1.82) is 0 Å². The summed E-state index contributed by atoms with van der Waals surface area (Å²) >= 11 is 0. The monoisotopic (exact) mass is 448 g/mol. The van der Waals surface area contributed by atoms with Crippen molar-refractivity contribution in [1.82, 2.24) is 28.9 Å². The molecule has 10 heteroatoms. The zero-order valence-corrected chi connectivity index (χ0v) is 18.8. The Labute approximate surface area is 187 Å². The molecule has 0 N–H and O–H groups in total. The highest BCUT2D eigenvalue weighted by molar-refractivity contribution is 6.05. The molecule has 0 aliphatic carbocycles. The van der Waals surface area contributed by atoms with Gasteiger partial charge in [-0.25, -0.2) is 18.7 Å². The van der Waals surface area contributed by atoms with E-state index in [1.165, 1.54) is 28.5 Å². The molecule has 33 heavy (non-hydrogen) atoms. The number of hydrogen-bond donors (Lipinski definition) is 0. The summed E-state index contributed by atoms with van der Waals surface area (Å²) in [7, 11) is 6.47. The zero-order chi connectivity index (χ0) is 23.4. The maximum absolute atomic E-state index is 15.0. The van der Waals surface area contributed by atoms with E-state index in [4.69, 9.17) is 9.47 Å². The highest BCUT2D eigenvalue weighted by Crippen LogP contribution is 2.37. The van der Waals surface area contributed by atoms with Gasteiger partial charge in [0.05, 0.1) is 48.9 Å². The smallest absolute Gasteiger partial charge is 0.334 e. The molecule has 0 saturated heterocycles. The van der Waals surface area contributed by atoms with Gasteiger partial charge in [-0.2, -0.15) is 5.10 Å². The third-order valence-corrected chi connectivity index (χ3v) is 5.75. The van der Waals surface area contributed by atoms with Crippen LogP contribution in [0.1, 0.15) is 5.69 Å². The number of aryl methyl sites for hydroxylation is 3. The molecule has 0 fully saturated rings. The number of rotatable bonds is 4. The molecule has 1 aromatic carbocycles. The molecule has 0 spiro atoms. The van der Waals surface area contributed by atoms with Crippen LogP contribution >= 0.6 is 0 Å². The largest absolute Gasteiger partial charge is 0.496 e. The summed E-state index contributed by atoms with van der Waals surface area (Å²) in [6, 6.07) is 4.89. The van der Waals surface area contributed by atoms with Gasteiger partial charge >= 0.3 is 5.69 Å². The van der Waals surface area contributed by atoms with Crippen molar-refractivity contribution in [3.63, 3.8) is 0 Å². The van der Waals surface area contributed by atoms with E-state index >= 15 is 4.39 Å². The Bertz CT molecular complexity index is 1610. The molecule has 5 rings (SSSR count). The number of pyridine rings is 2. The van der Waals surface area contributed by atoms with E-state index in [9.17, 15) is 4.79 Å². The summed E-state index contributed by atoms with van der Waals surface area (Å²) in [5, 5.41) is 5.09. The minimum atomic E-state index is -0.675. The van der Waals surface area contributed by atoms with Crippen LogP contribution in [-0.2, 0) is 14.1 Å². The number of hydrogen-bond acceptors (Lipinski definition) is 6. The van der Waals surface area contributed by atoms with Crippen molar-refractivity contribution in [2.75, 3.05) is 14.2 Å². The number of ether oxygens (including phenoxy) is 2. The molecule has 168 valence electrons. The quantitative estimate of drug-likeness (QED) is 0.420. The van der Waals surface area contributed by atoms with Crippen molar-refractivity contribution in [3.05, 3.63) is 58.8 Å². The summed E-state index contributed by atoms with van der Waals surface area (Å²) < 4.78 is 30.1. The van der Waals surface area contributed by atoms with Gasteiger partial charge in [0, 0.05) is 48.9 Å². The maximum Gasteiger partial charge on any atom is 0.334 e. The average molecular weight is 448 g/mol. The van der Waals surface area contributed by atoms with E-state index < -0.39 is 11.5 Å². The molecule has 0 amide bonds. The highest BCUT2D eigenvalue weighted by atomic mass is 19.1. The van der Waals surface area contributed by atoms with Crippen molar-refractivity contribution in [3.8, 4) is 28.4 Å². The van der Waals surface area contributed by atoms with E-state index in [1.807, 2.05) is 26.2 Å². The molecule has 4 heterocycles. The van der Waals surface area contributed by atoms with Gasteiger partial charge in [-0.05, 0) is 13.0 Å². The third kappa shape index (κ3) is 3.05. The lowest BCUT2D eigenvalue weighted by molar-refractivity contribution is 0.408. The van der Waals surface area contributed by atoms with E-state index in [-0.39, 0.29) is 11.6 Å². The van der Waals surface area contributed by atoms with Crippen LogP contribution in [0.3, 0.4) is 0 Å². The number of halogens is 1. The first kappa shape index (κ1) is 20.7. The zero-order valence-electron chi connectivity index (χ0n) is 18.8. The average Bonchev–Trinajstić information content (AvgIpc) is 3.28. The molecule has 9 nitrogen and oxygen atoms in total. The summed E-state index contributed by atoms with van der Waals surface area (Å²) in [4.78, 5) is 21.9. The van der Waals surface area contributed by atoms with Crippen molar-refractivity contribution in [2.45, 2.75) is 6.92 Å². The molecule has 0 aliphatic heterocycles. The molecular formula is C23H21FN6O3.